The number of aromatic amines is 1. The molecular formula is C26H23F6N3O. The van der Waals surface area contributed by atoms with Crippen LogP contribution in [0.4, 0.5) is 32.0 Å². The highest BCUT2D eigenvalue weighted by atomic mass is 19.4. The molecule has 0 radical (unpaired) electrons. The maximum atomic E-state index is 14.9. The first kappa shape index (κ1) is 24.4. The molecule has 1 aliphatic carbocycles. The Bertz CT molecular complexity index is 1320. The molecule has 1 N–H and O–H groups in total. The molecule has 0 amide bonds. The minimum atomic E-state index is -5.77. The van der Waals surface area contributed by atoms with Gasteiger partial charge in [0.15, 0.2) is 0 Å². The van der Waals surface area contributed by atoms with Crippen LogP contribution in [0, 0.1) is 11.9 Å². The third kappa shape index (κ3) is 4.06. The third-order valence-corrected chi connectivity index (χ3v) is 7.20. The van der Waals surface area contributed by atoms with Crippen LogP contribution >= 0.6 is 0 Å². The van der Waals surface area contributed by atoms with Gasteiger partial charge in [-0.1, -0.05) is 18.2 Å². The van der Waals surface area contributed by atoms with Crippen LogP contribution in [0.2, 0.25) is 0 Å². The van der Waals surface area contributed by atoms with E-state index >= 15 is 0 Å². The molecule has 1 saturated heterocycles. The summed E-state index contributed by atoms with van der Waals surface area (Å²) in [6, 6.07) is 9.32. The highest BCUT2D eigenvalue weighted by Gasteiger charge is 2.60. The van der Waals surface area contributed by atoms with Crippen molar-refractivity contribution < 1.29 is 31.1 Å². The SMILES string of the molecule is O=CC1CCN(c2ccc(C3=C(C(F)(F)C(F)(F)F)CCCc4c3ccc3n[nH]c(F)c43)cc2)CC1. The summed E-state index contributed by atoms with van der Waals surface area (Å²) in [6.07, 6.45) is -3.79. The Morgan fingerprint density at radius 1 is 0.972 bits per heavy atom. The molecule has 0 bridgehead atoms. The summed E-state index contributed by atoms with van der Waals surface area (Å²) in [5, 5.41) is 6.20. The molecular weight excluding hydrogens is 484 g/mol. The van der Waals surface area contributed by atoms with E-state index in [1.165, 1.54) is 24.3 Å². The number of piperidine rings is 1. The number of rotatable bonds is 4. The lowest BCUT2D eigenvalue weighted by Crippen LogP contribution is -2.39. The van der Waals surface area contributed by atoms with Gasteiger partial charge in [-0.05, 0) is 72.6 Å². The first-order valence-corrected chi connectivity index (χ1v) is 11.8. The van der Waals surface area contributed by atoms with Gasteiger partial charge in [-0.25, -0.2) is 0 Å². The fraction of sp³-hybridized carbons (Fsp3) is 0.385. The van der Waals surface area contributed by atoms with Gasteiger partial charge >= 0.3 is 12.1 Å². The van der Waals surface area contributed by atoms with Gasteiger partial charge in [0.2, 0.25) is 5.95 Å². The zero-order chi connectivity index (χ0) is 25.7. The van der Waals surface area contributed by atoms with Crippen molar-refractivity contribution in [1.82, 2.24) is 10.2 Å². The fourth-order valence-electron chi connectivity index (χ4n) is 5.31. The van der Waals surface area contributed by atoms with Crippen LogP contribution in [0.5, 0.6) is 0 Å². The number of nitrogens with zero attached hydrogens (tertiary/aromatic N) is 2. The van der Waals surface area contributed by atoms with E-state index in [1.54, 1.807) is 12.1 Å². The number of anilines is 1. The van der Waals surface area contributed by atoms with Crippen LogP contribution in [-0.4, -0.2) is 41.7 Å². The molecule has 1 fully saturated rings. The fourth-order valence-corrected chi connectivity index (χ4v) is 5.31. The molecule has 36 heavy (non-hydrogen) atoms. The molecule has 190 valence electrons. The van der Waals surface area contributed by atoms with Crippen LogP contribution in [0.25, 0.3) is 16.5 Å². The molecule has 10 heteroatoms. The predicted molar refractivity (Wildman–Crippen MR) is 123 cm³/mol. The second kappa shape index (κ2) is 8.97. The maximum absolute atomic E-state index is 14.9. The van der Waals surface area contributed by atoms with E-state index in [9.17, 15) is 31.1 Å². The number of benzene rings is 2. The van der Waals surface area contributed by atoms with Crippen molar-refractivity contribution >= 4 is 28.4 Å². The maximum Gasteiger partial charge on any atom is 0.457 e. The van der Waals surface area contributed by atoms with Crippen LogP contribution < -0.4 is 4.90 Å². The van der Waals surface area contributed by atoms with E-state index in [-0.39, 0.29) is 46.4 Å². The number of carbonyl (C=O) groups is 1. The minimum Gasteiger partial charge on any atom is -0.371 e. The molecule has 1 aliphatic heterocycles. The number of hydrogen-bond donors (Lipinski definition) is 1. The quantitative estimate of drug-likeness (QED) is 0.326. The van der Waals surface area contributed by atoms with Crippen molar-refractivity contribution in [3.05, 3.63) is 64.6 Å². The molecule has 2 aliphatic rings. The second-order valence-corrected chi connectivity index (χ2v) is 9.31. The summed E-state index contributed by atoms with van der Waals surface area (Å²) in [7, 11) is 0. The average molecular weight is 507 g/mol. The van der Waals surface area contributed by atoms with Gasteiger partial charge in [0.1, 0.15) is 6.29 Å². The lowest BCUT2D eigenvalue weighted by molar-refractivity contribution is -0.264. The van der Waals surface area contributed by atoms with Crippen molar-refractivity contribution in [1.29, 1.82) is 0 Å². The van der Waals surface area contributed by atoms with Crippen molar-refractivity contribution in [2.75, 3.05) is 18.0 Å². The normalized spacial score (nSPS) is 17.9. The van der Waals surface area contributed by atoms with Crippen LogP contribution in [-0.2, 0) is 11.2 Å². The van der Waals surface area contributed by atoms with E-state index < -0.39 is 30.0 Å². The van der Waals surface area contributed by atoms with Crippen molar-refractivity contribution in [2.45, 2.75) is 44.2 Å². The van der Waals surface area contributed by atoms with Gasteiger partial charge in [0, 0.05) is 30.3 Å². The minimum absolute atomic E-state index is 0.000445. The zero-order valence-electron chi connectivity index (χ0n) is 19.1. The van der Waals surface area contributed by atoms with Gasteiger partial charge in [-0.3, -0.25) is 5.10 Å². The monoisotopic (exact) mass is 507 g/mol. The van der Waals surface area contributed by atoms with E-state index in [0.717, 1.165) is 12.0 Å². The largest absolute Gasteiger partial charge is 0.457 e. The van der Waals surface area contributed by atoms with Crippen LogP contribution in [0.1, 0.15) is 42.4 Å². The van der Waals surface area contributed by atoms with Gasteiger partial charge in [0.25, 0.3) is 0 Å². The summed E-state index contributed by atoms with van der Waals surface area (Å²) >= 11 is 0. The summed E-state index contributed by atoms with van der Waals surface area (Å²) in [5.41, 5.74) is 0.547. The Labute approximate surface area is 203 Å². The molecule has 1 aromatic heterocycles. The molecule has 0 spiro atoms. The van der Waals surface area contributed by atoms with Gasteiger partial charge < -0.3 is 9.69 Å². The Kier molecular flexibility index (Phi) is 6.08. The Morgan fingerprint density at radius 2 is 1.67 bits per heavy atom. The van der Waals surface area contributed by atoms with Gasteiger partial charge in [-0.15, -0.1) is 0 Å². The lowest BCUT2D eigenvalue weighted by Gasteiger charge is -2.31. The molecule has 2 aromatic carbocycles. The summed E-state index contributed by atoms with van der Waals surface area (Å²) in [4.78, 5) is 13.1. The molecule has 0 saturated carbocycles. The number of aromatic nitrogens is 2. The highest BCUT2D eigenvalue weighted by Crippen LogP contribution is 2.49. The molecule has 0 atom stereocenters. The van der Waals surface area contributed by atoms with E-state index in [1.807, 2.05) is 0 Å². The first-order chi connectivity index (χ1) is 17.1. The first-order valence-electron chi connectivity index (χ1n) is 11.8. The van der Waals surface area contributed by atoms with Crippen LogP contribution in [0.15, 0.2) is 42.0 Å². The third-order valence-electron chi connectivity index (χ3n) is 7.20. The Morgan fingerprint density at radius 3 is 2.31 bits per heavy atom. The number of halogens is 6. The summed E-state index contributed by atoms with van der Waals surface area (Å²) < 4.78 is 85.0. The number of nitrogens with one attached hydrogen (secondary N) is 1. The molecule has 0 unspecified atom stereocenters. The number of H-pyrrole nitrogens is 1. The number of aldehydes is 1. The number of carbonyl (C=O) groups excluding carboxylic acids is 1. The smallest absolute Gasteiger partial charge is 0.371 e. The molecule has 5 rings (SSSR count). The zero-order valence-corrected chi connectivity index (χ0v) is 19.1. The molecule has 3 aromatic rings. The number of fused-ring (bicyclic) bond motifs is 3. The van der Waals surface area contributed by atoms with E-state index in [2.05, 4.69) is 15.1 Å². The van der Waals surface area contributed by atoms with Crippen molar-refractivity contribution in [3.63, 3.8) is 0 Å². The topological polar surface area (TPSA) is 49.0 Å². The Hall–Kier alpha value is -3.30. The number of hydrogen-bond acceptors (Lipinski definition) is 3. The Balaban J connectivity index is 1.65. The van der Waals surface area contributed by atoms with Gasteiger partial charge in [-0.2, -0.15) is 31.4 Å². The number of alkyl halides is 5. The van der Waals surface area contributed by atoms with Crippen molar-refractivity contribution in [3.8, 4) is 0 Å². The standard InChI is InChI=1S/C26H23F6N3O/c27-24-23-18-2-1-3-20(25(28,29)26(30,31)32)22(19(18)8-9-21(23)33-34-24)16-4-6-17(7-5-16)35-12-10-15(14-36)11-13-35/h4-9,14-15H,1-3,10-13H2,(H,33,34). The number of aryl methyl sites for hydroxylation is 1. The van der Waals surface area contributed by atoms with Crippen molar-refractivity contribution in [2.24, 2.45) is 5.92 Å². The lowest BCUT2D eigenvalue weighted by atomic mass is 9.87. The number of allylic oxidation sites excluding steroid dienone is 1. The molecule has 2 heterocycles. The second-order valence-electron chi connectivity index (χ2n) is 9.31. The van der Waals surface area contributed by atoms with E-state index in [0.29, 0.717) is 31.5 Å². The average Bonchev–Trinajstić information content (AvgIpc) is 3.12. The molecule has 4 nitrogen and oxygen atoms in total. The predicted octanol–water partition coefficient (Wildman–Crippen LogP) is 6.45. The van der Waals surface area contributed by atoms with Crippen LogP contribution in [0.3, 0.4) is 0 Å². The highest BCUT2D eigenvalue weighted by molar-refractivity contribution is 5.93. The summed E-state index contributed by atoms with van der Waals surface area (Å²) in [6.45, 7) is 1.28. The van der Waals surface area contributed by atoms with E-state index in [4.69, 9.17) is 0 Å². The summed E-state index contributed by atoms with van der Waals surface area (Å²) in [5.74, 6) is -5.80. The van der Waals surface area contributed by atoms with Gasteiger partial charge in [0.05, 0.1) is 10.9 Å².